The third-order valence-electron chi connectivity index (χ3n) is 2.40. The average molecular weight is 287 g/mol. The number of nitrogens with zero attached hydrogens (tertiary/aromatic N) is 2. The SMILES string of the molecule is CC(C)CC(C)(CN)Nc1ncncc1Br. The second-order valence-electron chi connectivity index (χ2n) is 4.71. The van der Waals surface area contributed by atoms with Crippen LogP contribution in [-0.2, 0) is 0 Å². The van der Waals surface area contributed by atoms with Crippen molar-refractivity contribution in [1.29, 1.82) is 0 Å². The number of nitrogens with two attached hydrogens (primary N) is 1. The van der Waals surface area contributed by atoms with Gasteiger partial charge >= 0.3 is 0 Å². The van der Waals surface area contributed by atoms with Crippen LogP contribution in [-0.4, -0.2) is 22.1 Å². The lowest BCUT2D eigenvalue weighted by Crippen LogP contribution is -2.44. The highest BCUT2D eigenvalue weighted by atomic mass is 79.9. The number of nitrogens with one attached hydrogen (secondary N) is 1. The van der Waals surface area contributed by atoms with E-state index in [2.05, 4.69) is 52.0 Å². The number of halogens is 1. The van der Waals surface area contributed by atoms with Crippen LogP contribution in [0.2, 0.25) is 0 Å². The molecule has 0 aromatic carbocycles. The van der Waals surface area contributed by atoms with E-state index in [1.165, 1.54) is 6.33 Å². The van der Waals surface area contributed by atoms with Gasteiger partial charge in [0.05, 0.1) is 4.47 Å². The fourth-order valence-electron chi connectivity index (χ4n) is 1.78. The first-order valence-electron chi connectivity index (χ1n) is 5.40. The minimum Gasteiger partial charge on any atom is -0.363 e. The molecule has 0 aliphatic carbocycles. The maximum absolute atomic E-state index is 5.83. The molecule has 16 heavy (non-hydrogen) atoms. The molecule has 1 heterocycles. The van der Waals surface area contributed by atoms with Crippen LogP contribution < -0.4 is 11.1 Å². The monoisotopic (exact) mass is 286 g/mol. The summed E-state index contributed by atoms with van der Waals surface area (Å²) >= 11 is 3.42. The van der Waals surface area contributed by atoms with Crippen molar-refractivity contribution in [3.8, 4) is 0 Å². The van der Waals surface area contributed by atoms with Gasteiger partial charge in [-0.25, -0.2) is 9.97 Å². The molecule has 0 bridgehead atoms. The summed E-state index contributed by atoms with van der Waals surface area (Å²) in [5.74, 6) is 1.38. The number of anilines is 1. The van der Waals surface area contributed by atoms with E-state index in [0.29, 0.717) is 12.5 Å². The molecule has 0 aliphatic rings. The Hall–Kier alpha value is -0.680. The number of rotatable bonds is 5. The zero-order valence-electron chi connectivity index (χ0n) is 10.00. The molecule has 1 rings (SSSR count). The van der Waals surface area contributed by atoms with Crippen molar-refractivity contribution in [3.63, 3.8) is 0 Å². The van der Waals surface area contributed by atoms with Crippen molar-refractivity contribution in [3.05, 3.63) is 17.0 Å². The Morgan fingerprint density at radius 1 is 1.56 bits per heavy atom. The van der Waals surface area contributed by atoms with Crippen molar-refractivity contribution in [2.45, 2.75) is 32.7 Å². The maximum Gasteiger partial charge on any atom is 0.144 e. The molecule has 1 atom stereocenters. The minimum atomic E-state index is -0.134. The Bertz CT molecular complexity index is 343. The normalized spacial score (nSPS) is 14.9. The van der Waals surface area contributed by atoms with Crippen LogP contribution >= 0.6 is 15.9 Å². The molecule has 1 unspecified atom stereocenters. The molecule has 0 spiro atoms. The molecular formula is C11H19BrN4. The van der Waals surface area contributed by atoms with E-state index in [1.807, 2.05) is 0 Å². The summed E-state index contributed by atoms with van der Waals surface area (Å²) < 4.78 is 0.860. The first-order valence-corrected chi connectivity index (χ1v) is 6.20. The Labute approximate surface area is 105 Å². The predicted octanol–water partition coefficient (Wildman–Crippen LogP) is 2.41. The van der Waals surface area contributed by atoms with Crippen molar-refractivity contribution >= 4 is 21.7 Å². The summed E-state index contributed by atoms with van der Waals surface area (Å²) in [6.45, 7) is 7.05. The smallest absolute Gasteiger partial charge is 0.144 e. The molecule has 5 heteroatoms. The fraction of sp³-hybridized carbons (Fsp3) is 0.636. The van der Waals surface area contributed by atoms with Crippen molar-refractivity contribution in [1.82, 2.24) is 9.97 Å². The highest BCUT2D eigenvalue weighted by molar-refractivity contribution is 9.10. The van der Waals surface area contributed by atoms with Crippen LogP contribution in [0.4, 0.5) is 5.82 Å². The van der Waals surface area contributed by atoms with Crippen LogP contribution in [0.15, 0.2) is 17.0 Å². The Morgan fingerprint density at radius 3 is 2.75 bits per heavy atom. The zero-order valence-corrected chi connectivity index (χ0v) is 11.6. The molecule has 0 fully saturated rings. The first-order chi connectivity index (χ1) is 7.47. The summed E-state index contributed by atoms with van der Waals surface area (Å²) in [6, 6.07) is 0. The van der Waals surface area contributed by atoms with E-state index in [1.54, 1.807) is 6.20 Å². The second kappa shape index (κ2) is 5.59. The predicted molar refractivity (Wildman–Crippen MR) is 70.3 cm³/mol. The first kappa shape index (κ1) is 13.4. The fourth-order valence-corrected chi connectivity index (χ4v) is 2.10. The summed E-state index contributed by atoms with van der Waals surface area (Å²) in [6.07, 6.45) is 4.25. The zero-order chi connectivity index (χ0) is 12.2. The summed E-state index contributed by atoms with van der Waals surface area (Å²) in [4.78, 5) is 8.13. The number of aromatic nitrogens is 2. The highest BCUT2D eigenvalue weighted by Gasteiger charge is 2.24. The van der Waals surface area contributed by atoms with Crippen molar-refractivity contribution < 1.29 is 0 Å². The van der Waals surface area contributed by atoms with E-state index in [-0.39, 0.29) is 5.54 Å². The van der Waals surface area contributed by atoms with Crippen molar-refractivity contribution in [2.75, 3.05) is 11.9 Å². The minimum absolute atomic E-state index is 0.134. The molecule has 0 radical (unpaired) electrons. The summed E-state index contributed by atoms with van der Waals surface area (Å²) in [5.41, 5.74) is 5.70. The van der Waals surface area contributed by atoms with Gasteiger partial charge in [0, 0.05) is 18.3 Å². The van der Waals surface area contributed by atoms with E-state index in [0.717, 1.165) is 16.7 Å². The third kappa shape index (κ3) is 3.72. The van der Waals surface area contributed by atoms with Crippen molar-refractivity contribution in [2.24, 2.45) is 11.7 Å². The molecule has 0 aliphatic heterocycles. The van der Waals surface area contributed by atoms with Gasteiger partial charge in [-0.1, -0.05) is 13.8 Å². The van der Waals surface area contributed by atoms with E-state index >= 15 is 0 Å². The largest absolute Gasteiger partial charge is 0.363 e. The Balaban J connectivity index is 2.81. The molecule has 1 aromatic rings. The molecule has 1 aromatic heterocycles. The summed E-state index contributed by atoms with van der Waals surface area (Å²) in [7, 11) is 0. The lowest BCUT2D eigenvalue weighted by atomic mass is 9.91. The standard InChI is InChI=1S/C11H19BrN4/c1-8(2)4-11(3,6-13)16-10-9(12)5-14-7-15-10/h5,7-8H,4,6,13H2,1-3H3,(H,14,15,16). The van der Waals surface area contributed by atoms with Gasteiger partial charge in [-0.05, 0) is 35.2 Å². The molecule has 3 N–H and O–H groups in total. The molecule has 0 amide bonds. The lowest BCUT2D eigenvalue weighted by Gasteiger charge is -2.32. The Morgan fingerprint density at radius 2 is 2.25 bits per heavy atom. The van der Waals surface area contributed by atoms with Crippen LogP contribution in [0.1, 0.15) is 27.2 Å². The van der Waals surface area contributed by atoms with Crippen LogP contribution in [0.5, 0.6) is 0 Å². The van der Waals surface area contributed by atoms with Crippen LogP contribution in [0, 0.1) is 5.92 Å². The van der Waals surface area contributed by atoms with Gasteiger partial charge in [-0.15, -0.1) is 0 Å². The van der Waals surface area contributed by atoms with Gasteiger partial charge in [0.1, 0.15) is 12.1 Å². The van der Waals surface area contributed by atoms with Gasteiger partial charge in [0.2, 0.25) is 0 Å². The topological polar surface area (TPSA) is 63.8 Å². The molecule has 0 saturated carbocycles. The average Bonchev–Trinajstić information content (AvgIpc) is 2.20. The van der Waals surface area contributed by atoms with Gasteiger partial charge in [-0.2, -0.15) is 0 Å². The van der Waals surface area contributed by atoms with Crippen LogP contribution in [0.3, 0.4) is 0 Å². The molecule has 90 valence electrons. The number of hydrogen-bond donors (Lipinski definition) is 2. The molecule has 4 nitrogen and oxygen atoms in total. The van der Waals surface area contributed by atoms with Gasteiger partial charge in [0.15, 0.2) is 0 Å². The molecule has 0 saturated heterocycles. The maximum atomic E-state index is 5.83. The van der Waals surface area contributed by atoms with E-state index < -0.39 is 0 Å². The van der Waals surface area contributed by atoms with E-state index in [9.17, 15) is 0 Å². The third-order valence-corrected chi connectivity index (χ3v) is 2.98. The second-order valence-corrected chi connectivity index (χ2v) is 5.56. The number of hydrogen-bond acceptors (Lipinski definition) is 4. The lowest BCUT2D eigenvalue weighted by molar-refractivity contribution is 0.405. The van der Waals surface area contributed by atoms with Gasteiger partial charge in [-0.3, -0.25) is 0 Å². The van der Waals surface area contributed by atoms with Crippen LogP contribution in [0.25, 0.3) is 0 Å². The summed E-state index contributed by atoms with van der Waals surface area (Å²) in [5, 5.41) is 3.38. The Kier molecular flexibility index (Phi) is 4.68. The van der Waals surface area contributed by atoms with Gasteiger partial charge < -0.3 is 11.1 Å². The molecular weight excluding hydrogens is 268 g/mol. The quantitative estimate of drug-likeness (QED) is 0.873. The van der Waals surface area contributed by atoms with Gasteiger partial charge in [0.25, 0.3) is 0 Å². The van der Waals surface area contributed by atoms with E-state index in [4.69, 9.17) is 5.73 Å². The highest BCUT2D eigenvalue weighted by Crippen LogP contribution is 2.24.